The van der Waals surface area contributed by atoms with E-state index in [1.807, 2.05) is 42.9 Å². The molecule has 5 aromatic rings. The number of nitrogens with zero attached hydrogens (tertiary/aromatic N) is 6. The second-order valence-electron chi connectivity index (χ2n) is 10.3. The number of rotatable bonds is 9. The zero-order valence-electron chi connectivity index (χ0n) is 22.5. The van der Waals surface area contributed by atoms with Crippen LogP contribution in [-0.4, -0.2) is 56.8 Å². The number of carbonyl (C=O) groups excluding carboxylic acids is 1. The summed E-state index contributed by atoms with van der Waals surface area (Å²) in [7, 11) is 0. The minimum Gasteiger partial charge on any atom is -0.353 e. The monoisotopic (exact) mass is 528 g/mol. The Labute approximate surface area is 234 Å². The Balaban J connectivity index is 1.08. The average molecular weight is 529 g/mol. The van der Waals surface area contributed by atoms with Crippen molar-refractivity contribution in [3.05, 3.63) is 114 Å². The molecule has 0 atom stereocenters. The summed E-state index contributed by atoms with van der Waals surface area (Å²) in [5, 5.41) is 0. The van der Waals surface area contributed by atoms with E-state index >= 15 is 0 Å². The molecule has 0 unspecified atom stereocenters. The van der Waals surface area contributed by atoms with Gasteiger partial charge in [0.25, 0.3) is 0 Å². The van der Waals surface area contributed by atoms with Crippen LogP contribution in [0.1, 0.15) is 23.1 Å². The number of Topliss-reactive ketones (excluding diaryl/α,β-unsaturated/α-hetero) is 1. The Kier molecular flexibility index (Phi) is 7.82. The Hall–Kier alpha value is -4.49. The maximum Gasteiger partial charge on any atom is 0.147 e. The molecule has 0 spiro atoms. The first kappa shape index (κ1) is 25.8. The van der Waals surface area contributed by atoms with Crippen LogP contribution in [-0.2, 0) is 24.2 Å². The Bertz CT molecular complexity index is 1570. The smallest absolute Gasteiger partial charge is 0.147 e. The molecule has 3 aromatic heterocycles. The third kappa shape index (κ3) is 6.38. The molecule has 0 saturated carbocycles. The fraction of sp³-hybridized carbons (Fsp3) is 0.242. The highest BCUT2D eigenvalue weighted by molar-refractivity contribution is 5.83. The van der Waals surface area contributed by atoms with Crippen molar-refractivity contribution in [2.45, 2.75) is 25.8 Å². The van der Waals surface area contributed by atoms with E-state index in [9.17, 15) is 4.79 Å². The first-order valence-electron chi connectivity index (χ1n) is 13.8. The molecule has 6 rings (SSSR count). The van der Waals surface area contributed by atoms with Crippen molar-refractivity contribution in [2.24, 2.45) is 0 Å². The zero-order valence-corrected chi connectivity index (χ0v) is 22.5. The molecule has 7 nitrogen and oxygen atoms in total. The summed E-state index contributed by atoms with van der Waals surface area (Å²) < 4.78 is 0. The fourth-order valence-electron chi connectivity index (χ4n) is 5.18. The number of hydrogen-bond donors (Lipinski definition) is 0. The predicted molar refractivity (Wildman–Crippen MR) is 158 cm³/mol. The molecule has 2 aromatic carbocycles. The van der Waals surface area contributed by atoms with E-state index in [2.05, 4.69) is 62.2 Å². The molecule has 0 radical (unpaired) electrons. The number of fused-ring (bicyclic) bond motifs is 1. The number of aromatic nitrogens is 4. The SMILES string of the molecule is O=C(CCc1ccncc1)Cc1ccc(-c2ccc3ncc(N4CCN(Cc5cccnc5)CC4)nc3c2)cc1. The minimum atomic E-state index is 0.246. The molecule has 200 valence electrons. The van der Waals surface area contributed by atoms with Gasteiger partial charge in [-0.3, -0.25) is 24.6 Å². The van der Waals surface area contributed by atoms with Crippen molar-refractivity contribution >= 4 is 22.6 Å². The maximum atomic E-state index is 12.5. The molecule has 0 aliphatic carbocycles. The molecular formula is C33H32N6O. The van der Waals surface area contributed by atoms with E-state index < -0.39 is 0 Å². The van der Waals surface area contributed by atoms with Crippen LogP contribution in [0.4, 0.5) is 5.82 Å². The molecule has 0 bridgehead atoms. The highest BCUT2D eigenvalue weighted by Crippen LogP contribution is 2.25. The van der Waals surface area contributed by atoms with Crippen LogP contribution in [0.2, 0.25) is 0 Å². The van der Waals surface area contributed by atoms with Crippen molar-refractivity contribution in [1.29, 1.82) is 0 Å². The van der Waals surface area contributed by atoms with Crippen LogP contribution >= 0.6 is 0 Å². The van der Waals surface area contributed by atoms with Crippen LogP contribution < -0.4 is 4.90 Å². The van der Waals surface area contributed by atoms with Crippen LogP contribution in [0, 0.1) is 0 Å². The zero-order chi connectivity index (χ0) is 27.1. The van der Waals surface area contributed by atoms with Gasteiger partial charge < -0.3 is 4.90 Å². The van der Waals surface area contributed by atoms with Gasteiger partial charge in [0.1, 0.15) is 11.6 Å². The summed E-state index contributed by atoms with van der Waals surface area (Å²) >= 11 is 0. The van der Waals surface area contributed by atoms with Gasteiger partial charge in [0.15, 0.2) is 0 Å². The molecular weight excluding hydrogens is 496 g/mol. The van der Waals surface area contributed by atoms with Crippen molar-refractivity contribution in [1.82, 2.24) is 24.8 Å². The van der Waals surface area contributed by atoms with Gasteiger partial charge >= 0.3 is 0 Å². The van der Waals surface area contributed by atoms with E-state index in [0.717, 1.165) is 78.2 Å². The van der Waals surface area contributed by atoms with Gasteiger partial charge in [-0.15, -0.1) is 0 Å². The third-order valence-electron chi connectivity index (χ3n) is 7.49. The van der Waals surface area contributed by atoms with Gasteiger partial charge in [0, 0.05) is 70.4 Å². The van der Waals surface area contributed by atoms with Crippen molar-refractivity contribution in [3.63, 3.8) is 0 Å². The van der Waals surface area contributed by atoms with Crippen LogP contribution in [0.25, 0.3) is 22.2 Å². The lowest BCUT2D eigenvalue weighted by atomic mass is 9.99. The van der Waals surface area contributed by atoms with Crippen LogP contribution in [0.15, 0.2) is 97.7 Å². The summed E-state index contributed by atoms with van der Waals surface area (Å²) in [6, 6.07) is 22.6. The number of hydrogen-bond acceptors (Lipinski definition) is 7. The van der Waals surface area contributed by atoms with E-state index in [1.54, 1.807) is 12.4 Å². The number of aryl methyl sites for hydroxylation is 1. The Morgan fingerprint density at radius 1 is 0.725 bits per heavy atom. The first-order valence-corrected chi connectivity index (χ1v) is 13.8. The second kappa shape index (κ2) is 12.1. The standard InChI is InChI=1S/C33H32N6O/c40-30(9-5-25-11-14-34-15-12-25)20-26-3-6-28(7-4-26)29-8-10-31-32(21-29)37-33(23-36-31)39-18-16-38(17-19-39)24-27-2-1-13-35-22-27/h1-4,6-8,10-15,21-23H,5,9,16-20,24H2. The molecule has 1 aliphatic rings. The number of carbonyl (C=O) groups is 1. The lowest BCUT2D eigenvalue weighted by Crippen LogP contribution is -2.46. The van der Waals surface area contributed by atoms with E-state index in [-0.39, 0.29) is 5.78 Å². The van der Waals surface area contributed by atoms with Gasteiger partial charge in [-0.25, -0.2) is 4.98 Å². The molecule has 1 fully saturated rings. The predicted octanol–water partition coefficient (Wildman–Crippen LogP) is 5.15. The average Bonchev–Trinajstić information content (AvgIpc) is 3.01. The molecule has 40 heavy (non-hydrogen) atoms. The van der Waals surface area contributed by atoms with Gasteiger partial charge in [0.05, 0.1) is 17.2 Å². The number of pyridine rings is 2. The fourth-order valence-corrected chi connectivity index (χ4v) is 5.18. The number of anilines is 1. The highest BCUT2D eigenvalue weighted by Gasteiger charge is 2.19. The van der Waals surface area contributed by atoms with Crippen molar-refractivity contribution < 1.29 is 4.79 Å². The second-order valence-corrected chi connectivity index (χ2v) is 10.3. The number of benzene rings is 2. The van der Waals surface area contributed by atoms with Gasteiger partial charge in [-0.05, 0) is 64.6 Å². The summed E-state index contributed by atoms with van der Waals surface area (Å²) in [5.41, 5.74) is 7.40. The topological polar surface area (TPSA) is 75.1 Å². The van der Waals surface area contributed by atoms with Gasteiger partial charge in [0.2, 0.25) is 0 Å². The quantitative estimate of drug-likeness (QED) is 0.262. The first-order chi connectivity index (χ1) is 19.7. The van der Waals surface area contributed by atoms with E-state index in [4.69, 9.17) is 9.97 Å². The van der Waals surface area contributed by atoms with E-state index in [0.29, 0.717) is 12.8 Å². The number of piperazine rings is 1. The molecule has 4 heterocycles. The lowest BCUT2D eigenvalue weighted by molar-refractivity contribution is -0.118. The maximum absolute atomic E-state index is 12.5. The number of ketones is 1. The Morgan fingerprint density at radius 2 is 1.52 bits per heavy atom. The summed E-state index contributed by atoms with van der Waals surface area (Å²) in [6.45, 7) is 4.72. The highest BCUT2D eigenvalue weighted by atomic mass is 16.1. The van der Waals surface area contributed by atoms with Crippen molar-refractivity contribution in [3.8, 4) is 11.1 Å². The van der Waals surface area contributed by atoms with Crippen LogP contribution in [0.3, 0.4) is 0 Å². The summed E-state index contributed by atoms with van der Waals surface area (Å²) in [5.74, 6) is 1.17. The lowest BCUT2D eigenvalue weighted by Gasteiger charge is -2.35. The minimum absolute atomic E-state index is 0.246. The van der Waals surface area contributed by atoms with Gasteiger partial charge in [-0.1, -0.05) is 36.4 Å². The molecule has 7 heteroatoms. The largest absolute Gasteiger partial charge is 0.353 e. The molecule has 0 amide bonds. The van der Waals surface area contributed by atoms with Gasteiger partial charge in [-0.2, -0.15) is 0 Å². The summed E-state index contributed by atoms with van der Waals surface area (Å²) in [4.78, 5) is 35.2. The molecule has 0 N–H and O–H groups in total. The third-order valence-corrected chi connectivity index (χ3v) is 7.49. The summed E-state index contributed by atoms with van der Waals surface area (Å²) in [6.07, 6.45) is 10.9. The Morgan fingerprint density at radius 3 is 2.30 bits per heavy atom. The normalized spacial score (nSPS) is 13.9. The van der Waals surface area contributed by atoms with E-state index in [1.165, 1.54) is 5.56 Å². The van der Waals surface area contributed by atoms with Crippen molar-refractivity contribution in [2.75, 3.05) is 31.1 Å². The molecule has 1 saturated heterocycles. The van der Waals surface area contributed by atoms with Crippen LogP contribution in [0.5, 0.6) is 0 Å². The molecule has 1 aliphatic heterocycles.